The second-order valence-electron chi connectivity index (χ2n) is 2.99. The first kappa shape index (κ1) is 10.7. The van der Waals surface area contributed by atoms with Crippen molar-refractivity contribution in [1.29, 1.82) is 0 Å². The molecule has 0 aliphatic heterocycles. The molecule has 16 heavy (non-hydrogen) atoms. The molecule has 0 saturated heterocycles. The average molecular weight is 240 g/mol. The number of carbonyl (C=O) groups excluding carboxylic acids is 1. The molecular formula is C9H10N3O3S+. The second-order valence-corrected chi connectivity index (χ2v) is 3.78. The average Bonchev–Trinajstić information content (AvgIpc) is 2.95. The molecule has 2 heterocycles. The lowest BCUT2D eigenvalue weighted by Gasteiger charge is -1.91. The first-order valence-electron chi connectivity index (χ1n) is 4.62. The lowest BCUT2D eigenvalue weighted by molar-refractivity contribution is -0.745. The summed E-state index contributed by atoms with van der Waals surface area (Å²) in [6.07, 6.45) is 5.18. The summed E-state index contributed by atoms with van der Waals surface area (Å²) in [6.45, 7) is 0.490. The summed E-state index contributed by atoms with van der Waals surface area (Å²) in [5.74, 6) is 0.285. The van der Waals surface area contributed by atoms with Gasteiger partial charge in [-0.2, -0.15) is 0 Å². The van der Waals surface area contributed by atoms with Crippen molar-refractivity contribution < 1.29 is 18.6 Å². The first-order chi connectivity index (χ1) is 7.79. The zero-order valence-electron chi connectivity index (χ0n) is 8.62. The molecule has 2 aromatic heterocycles. The summed E-state index contributed by atoms with van der Waals surface area (Å²) in [4.78, 5) is 15.8. The molecule has 0 bridgehead atoms. The predicted molar refractivity (Wildman–Crippen MR) is 54.4 cm³/mol. The number of hydrogen-bond donors (Lipinski definition) is 0. The number of aryl methyl sites for hydroxylation is 1. The van der Waals surface area contributed by atoms with Crippen molar-refractivity contribution in [2.24, 2.45) is 0 Å². The smallest absolute Gasteiger partial charge is 0.312 e. The molecule has 6 nitrogen and oxygen atoms in total. The van der Waals surface area contributed by atoms with Gasteiger partial charge in [0.05, 0.1) is 17.8 Å². The van der Waals surface area contributed by atoms with Crippen LogP contribution in [0.2, 0.25) is 0 Å². The third-order valence-electron chi connectivity index (χ3n) is 1.93. The van der Waals surface area contributed by atoms with Crippen LogP contribution in [-0.2, 0) is 16.1 Å². The summed E-state index contributed by atoms with van der Waals surface area (Å²) in [7, 11) is 1.37. The molecule has 0 radical (unpaired) electrons. The molecule has 0 unspecified atom stereocenters. The minimum absolute atomic E-state index is 0.252. The Bertz CT molecular complexity index is 466. The maximum absolute atomic E-state index is 10.9. The predicted octanol–water partition coefficient (Wildman–Crippen LogP) is 0.649. The van der Waals surface area contributed by atoms with Gasteiger partial charge in [-0.1, -0.05) is 4.68 Å². The van der Waals surface area contributed by atoms with Crippen molar-refractivity contribution in [3.05, 3.63) is 18.7 Å². The Morgan fingerprint density at radius 3 is 3.25 bits per heavy atom. The van der Waals surface area contributed by atoms with E-state index in [4.69, 9.17) is 4.42 Å². The van der Waals surface area contributed by atoms with E-state index in [9.17, 15) is 4.79 Å². The van der Waals surface area contributed by atoms with Crippen LogP contribution in [0.4, 0.5) is 0 Å². The van der Waals surface area contributed by atoms with Gasteiger partial charge in [-0.05, 0) is 0 Å². The number of methoxy groups -OCH3 is 1. The van der Waals surface area contributed by atoms with Gasteiger partial charge in [0, 0.05) is 11.5 Å². The van der Waals surface area contributed by atoms with Gasteiger partial charge in [-0.25, -0.2) is 4.98 Å². The Kier molecular flexibility index (Phi) is 3.25. The molecule has 0 fully saturated rings. The molecule has 2 rings (SSSR count). The van der Waals surface area contributed by atoms with Crippen LogP contribution in [0.15, 0.2) is 23.1 Å². The number of oxazole rings is 1. The summed E-state index contributed by atoms with van der Waals surface area (Å²) >= 11 is 1.27. The van der Waals surface area contributed by atoms with Crippen LogP contribution in [0, 0.1) is 0 Å². The Balaban J connectivity index is 2.00. The fourth-order valence-electron chi connectivity index (χ4n) is 1.13. The van der Waals surface area contributed by atoms with E-state index < -0.39 is 0 Å². The van der Waals surface area contributed by atoms with Gasteiger partial charge in [0.25, 0.3) is 0 Å². The third kappa shape index (κ3) is 2.43. The number of carbonyl (C=O) groups is 1. The third-order valence-corrected chi connectivity index (χ3v) is 2.69. The SMILES string of the molecule is COC(=O)CC[n+]1cc(-c2ncco2)sn1. The highest BCUT2D eigenvalue weighted by molar-refractivity contribution is 7.08. The van der Waals surface area contributed by atoms with Gasteiger partial charge in [0.2, 0.25) is 12.1 Å². The minimum Gasteiger partial charge on any atom is -0.469 e. The van der Waals surface area contributed by atoms with Crippen molar-refractivity contribution in [2.45, 2.75) is 13.0 Å². The zero-order chi connectivity index (χ0) is 11.4. The highest BCUT2D eigenvalue weighted by Crippen LogP contribution is 2.17. The molecule has 0 atom stereocenters. The lowest BCUT2D eigenvalue weighted by Crippen LogP contribution is -2.35. The van der Waals surface area contributed by atoms with Gasteiger partial charge in [-0.3, -0.25) is 4.79 Å². The molecule has 0 saturated carbocycles. The molecule has 0 aliphatic carbocycles. The topological polar surface area (TPSA) is 69.1 Å². The fraction of sp³-hybridized carbons (Fsp3) is 0.333. The molecule has 7 heteroatoms. The monoisotopic (exact) mass is 240 g/mol. The van der Waals surface area contributed by atoms with Crippen molar-refractivity contribution in [2.75, 3.05) is 7.11 Å². The molecule has 84 valence electrons. The van der Waals surface area contributed by atoms with E-state index in [-0.39, 0.29) is 5.97 Å². The van der Waals surface area contributed by atoms with Crippen molar-refractivity contribution in [3.8, 4) is 10.8 Å². The van der Waals surface area contributed by atoms with Crippen LogP contribution in [0.1, 0.15) is 6.42 Å². The number of nitrogens with zero attached hydrogens (tertiary/aromatic N) is 3. The van der Waals surface area contributed by atoms with Crippen molar-refractivity contribution >= 4 is 17.5 Å². The maximum atomic E-state index is 10.9. The number of rotatable bonds is 4. The quantitative estimate of drug-likeness (QED) is 0.579. The van der Waals surface area contributed by atoms with E-state index in [0.717, 1.165) is 4.88 Å². The Labute approximate surface area is 95.6 Å². The van der Waals surface area contributed by atoms with Gasteiger partial charge in [0.1, 0.15) is 12.7 Å². The van der Waals surface area contributed by atoms with E-state index in [1.54, 1.807) is 17.1 Å². The minimum atomic E-state index is -0.252. The fourth-order valence-corrected chi connectivity index (χ4v) is 1.80. The highest BCUT2D eigenvalue weighted by atomic mass is 32.1. The molecular weight excluding hydrogens is 230 g/mol. The zero-order valence-corrected chi connectivity index (χ0v) is 9.44. The van der Waals surface area contributed by atoms with Crippen LogP contribution in [0.25, 0.3) is 10.8 Å². The highest BCUT2D eigenvalue weighted by Gasteiger charge is 2.15. The van der Waals surface area contributed by atoms with Crippen LogP contribution in [-0.4, -0.2) is 22.6 Å². The first-order valence-corrected chi connectivity index (χ1v) is 5.40. The maximum Gasteiger partial charge on any atom is 0.312 e. The van der Waals surface area contributed by atoms with Crippen LogP contribution >= 0.6 is 11.5 Å². The van der Waals surface area contributed by atoms with Crippen molar-refractivity contribution in [3.63, 3.8) is 0 Å². The van der Waals surface area contributed by atoms with E-state index >= 15 is 0 Å². The van der Waals surface area contributed by atoms with Crippen LogP contribution < -0.4 is 4.68 Å². The van der Waals surface area contributed by atoms with E-state index in [1.807, 2.05) is 0 Å². The van der Waals surface area contributed by atoms with Gasteiger partial charge >= 0.3 is 5.97 Å². The molecule has 0 spiro atoms. The Morgan fingerprint density at radius 2 is 2.56 bits per heavy atom. The summed E-state index contributed by atoms with van der Waals surface area (Å²) in [5.41, 5.74) is 0. The van der Waals surface area contributed by atoms with E-state index in [1.165, 1.54) is 24.9 Å². The van der Waals surface area contributed by atoms with E-state index in [2.05, 4.69) is 14.2 Å². The Hall–Kier alpha value is -1.76. The standard InChI is InChI=1S/C9H10N3O3S/c1-14-8(13)2-4-12-6-7(16-11-12)9-10-3-5-15-9/h3,5-6H,2,4H2,1H3/q+1. The summed E-state index contributed by atoms with van der Waals surface area (Å²) < 4.78 is 15.5. The number of aromatic nitrogens is 3. The number of esters is 1. The molecule has 0 aromatic carbocycles. The lowest BCUT2D eigenvalue weighted by atomic mass is 10.4. The number of ether oxygens (including phenoxy) is 1. The summed E-state index contributed by atoms with van der Waals surface area (Å²) in [5, 5.41) is 0. The van der Waals surface area contributed by atoms with Crippen molar-refractivity contribution in [1.82, 2.24) is 9.47 Å². The normalized spacial score (nSPS) is 10.3. The summed E-state index contributed by atoms with van der Waals surface area (Å²) in [6, 6.07) is 0. The van der Waals surface area contributed by atoms with Crippen LogP contribution in [0.3, 0.4) is 0 Å². The van der Waals surface area contributed by atoms with E-state index in [0.29, 0.717) is 18.9 Å². The molecule has 2 aromatic rings. The van der Waals surface area contributed by atoms with Gasteiger partial charge in [0.15, 0.2) is 11.4 Å². The largest absolute Gasteiger partial charge is 0.469 e. The number of hydrogen-bond acceptors (Lipinski definition) is 6. The Morgan fingerprint density at radius 1 is 1.69 bits per heavy atom. The van der Waals surface area contributed by atoms with Gasteiger partial charge in [-0.15, -0.1) is 0 Å². The molecule has 0 N–H and O–H groups in total. The molecule has 0 aliphatic rings. The second kappa shape index (κ2) is 4.84. The van der Waals surface area contributed by atoms with Crippen LogP contribution in [0.5, 0.6) is 0 Å². The molecule has 0 amide bonds. The van der Waals surface area contributed by atoms with Gasteiger partial charge < -0.3 is 9.15 Å².